The van der Waals surface area contributed by atoms with Crippen LogP contribution >= 0.6 is 0 Å². The standard InChI is InChI=1S/C17H17N3O/c1-20-14-10-6-5-9-13(14)16(12-7-3-2-4-8-12)19-17(18)15(20)11-21/h2-11,15,17H,18H2,1H3/t15?,17-/m1/s1. The van der Waals surface area contributed by atoms with Gasteiger partial charge in [-0.05, 0) is 6.07 Å². The number of aliphatic imine (C=N–C) groups is 1. The molecule has 21 heavy (non-hydrogen) atoms. The van der Waals surface area contributed by atoms with E-state index in [4.69, 9.17) is 5.73 Å². The number of likely N-dealkylation sites (N-methyl/N-ethyl adjacent to an activating group) is 1. The molecule has 1 aliphatic heterocycles. The van der Waals surface area contributed by atoms with Gasteiger partial charge in [0, 0.05) is 23.9 Å². The summed E-state index contributed by atoms with van der Waals surface area (Å²) in [5.41, 5.74) is 9.91. The van der Waals surface area contributed by atoms with E-state index in [0.29, 0.717) is 0 Å². The van der Waals surface area contributed by atoms with Crippen molar-refractivity contribution < 1.29 is 4.79 Å². The van der Waals surface area contributed by atoms with Crippen molar-refractivity contribution in [2.24, 2.45) is 10.7 Å². The Hall–Kier alpha value is -2.46. The second-order valence-corrected chi connectivity index (χ2v) is 5.09. The number of nitrogens with two attached hydrogens (primary N) is 1. The van der Waals surface area contributed by atoms with Crippen molar-refractivity contribution in [1.82, 2.24) is 0 Å². The van der Waals surface area contributed by atoms with Crippen LogP contribution in [0.5, 0.6) is 0 Å². The topological polar surface area (TPSA) is 58.7 Å². The van der Waals surface area contributed by atoms with E-state index in [1.54, 1.807) is 0 Å². The molecule has 0 amide bonds. The molecule has 4 heteroatoms. The van der Waals surface area contributed by atoms with Gasteiger partial charge in [-0.25, -0.2) is 0 Å². The highest BCUT2D eigenvalue weighted by molar-refractivity contribution is 6.16. The Kier molecular flexibility index (Phi) is 3.54. The Morgan fingerprint density at radius 2 is 1.76 bits per heavy atom. The predicted octanol–water partition coefficient (Wildman–Crippen LogP) is 1.83. The van der Waals surface area contributed by atoms with Gasteiger partial charge >= 0.3 is 0 Å². The molecule has 2 N–H and O–H groups in total. The van der Waals surface area contributed by atoms with Crippen LogP contribution in [-0.4, -0.2) is 31.3 Å². The maximum Gasteiger partial charge on any atom is 0.145 e. The minimum absolute atomic E-state index is 0.465. The lowest BCUT2D eigenvalue weighted by Gasteiger charge is -2.27. The molecule has 0 fully saturated rings. The van der Waals surface area contributed by atoms with E-state index in [1.165, 1.54) is 0 Å². The highest BCUT2D eigenvalue weighted by Gasteiger charge is 2.28. The van der Waals surface area contributed by atoms with E-state index in [1.807, 2.05) is 66.5 Å². The van der Waals surface area contributed by atoms with Crippen LogP contribution in [0.4, 0.5) is 5.69 Å². The van der Waals surface area contributed by atoms with Crippen LogP contribution in [0.1, 0.15) is 11.1 Å². The van der Waals surface area contributed by atoms with Crippen molar-refractivity contribution in [2.45, 2.75) is 12.2 Å². The Balaban J connectivity index is 2.23. The lowest BCUT2D eigenvalue weighted by atomic mass is 10.0. The van der Waals surface area contributed by atoms with Crippen molar-refractivity contribution >= 4 is 17.7 Å². The van der Waals surface area contributed by atoms with Crippen LogP contribution in [0.15, 0.2) is 59.6 Å². The average molecular weight is 279 g/mol. The van der Waals surface area contributed by atoms with E-state index < -0.39 is 12.2 Å². The fourth-order valence-electron chi connectivity index (χ4n) is 2.66. The molecular weight excluding hydrogens is 262 g/mol. The van der Waals surface area contributed by atoms with E-state index in [9.17, 15) is 4.79 Å². The molecule has 1 heterocycles. The van der Waals surface area contributed by atoms with Crippen molar-refractivity contribution in [2.75, 3.05) is 11.9 Å². The minimum atomic E-state index is -0.588. The summed E-state index contributed by atoms with van der Waals surface area (Å²) in [5, 5.41) is 0. The number of hydrogen-bond acceptors (Lipinski definition) is 4. The lowest BCUT2D eigenvalue weighted by Crippen LogP contribution is -2.45. The molecule has 1 unspecified atom stereocenters. The largest absolute Gasteiger partial charge is 0.361 e. The Bertz CT molecular complexity index is 681. The molecule has 4 nitrogen and oxygen atoms in total. The van der Waals surface area contributed by atoms with Crippen LogP contribution in [0.2, 0.25) is 0 Å². The van der Waals surface area contributed by atoms with E-state index in [-0.39, 0.29) is 0 Å². The number of carbonyl (C=O) groups excluding carboxylic acids is 1. The maximum absolute atomic E-state index is 11.4. The van der Waals surface area contributed by atoms with Crippen molar-refractivity contribution in [3.8, 4) is 0 Å². The number of rotatable bonds is 2. The fraction of sp³-hybridized carbons (Fsp3) is 0.176. The van der Waals surface area contributed by atoms with E-state index >= 15 is 0 Å². The zero-order chi connectivity index (χ0) is 14.8. The van der Waals surface area contributed by atoms with Gasteiger partial charge in [0.1, 0.15) is 18.5 Å². The third-order valence-electron chi connectivity index (χ3n) is 3.80. The first-order valence-electron chi connectivity index (χ1n) is 6.88. The first-order chi connectivity index (χ1) is 10.2. The summed E-state index contributed by atoms with van der Waals surface area (Å²) in [7, 11) is 1.88. The number of hydrogen-bond donors (Lipinski definition) is 1. The minimum Gasteiger partial charge on any atom is -0.361 e. The molecule has 0 saturated carbocycles. The molecular formula is C17H17N3O. The third-order valence-corrected chi connectivity index (χ3v) is 3.80. The first kappa shape index (κ1) is 13.5. The maximum atomic E-state index is 11.4. The number of fused-ring (bicyclic) bond motifs is 1. The average Bonchev–Trinajstić information content (AvgIpc) is 2.64. The Morgan fingerprint density at radius 3 is 2.48 bits per heavy atom. The number of para-hydroxylation sites is 1. The summed E-state index contributed by atoms with van der Waals surface area (Å²) >= 11 is 0. The fourth-order valence-corrected chi connectivity index (χ4v) is 2.66. The highest BCUT2D eigenvalue weighted by atomic mass is 16.1. The molecule has 0 bridgehead atoms. The number of carbonyl (C=O) groups is 1. The molecule has 3 rings (SSSR count). The van der Waals surface area contributed by atoms with Gasteiger partial charge in [-0.1, -0.05) is 48.5 Å². The van der Waals surface area contributed by atoms with Crippen LogP contribution in [0.25, 0.3) is 0 Å². The summed E-state index contributed by atoms with van der Waals surface area (Å²) in [6.07, 6.45) is 0.272. The van der Waals surface area contributed by atoms with Gasteiger partial charge in [-0.2, -0.15) is 0 Å². The van der Waals surface area contributed by atoms with Crippen LogP contribution < -0.4 is 10.6 Å². The zero-order valence-electron chi connectivity index (χ0n) is 11.8. The van der Waals surface area contributed by atoms with Gasteiger partial charge in [0.05, 0.1) is 5.71 Å². The van der Waals surface area contributed by atoms with Gasteiger partial charge in [0.2, 0.25) is 0 Å². The quantitative estimate of drug-likeness (QED) is 0.853. The highest BCUT2D eigenvalue weighted by Crippen LogP contribution is 2.28. The summed E-state index contributed by atoms with van der Waals surface area (Å²) in [4.78, 5) is 17.9. The number of aldehydes is 1. The number of benzene rings is 2. The Morgan fingerprint density at radius 1 is 1.10 bits per heavy atom. The summed E-state index contributed by atoms with van der Waals surface area (Å²) in [6.45, 7) is 0. The molecule has 0 aliphatic carbocycles. The monoisotopic (exact) mass is 279 g/mol. The molecule has 2 atom stereocenters. The van der Waals surface area contributed by atoms with Crippen LogP contribution in [0, 0.1) is 0 Å². The summed E-state index contributed by atoms with van der Waals surface area (Å²) in [6, 6.07) is 17.4. The first-order valence-corrected chi connectivity index (χ1v) is 6.88. The van der Waals surface area contributed by atoms with Gasteiger partial charge in [-0.15, -0.1) is 0 Å². The second-order valence-electron chi connectivity index (χ2n) is 5.09. The Labute approximate surface area is 123 Å². The van der Waals surface area contributed by atoms with Crippen molar-refractivity contribution in [1.29, 1.82) is 0 Å². The van der Waals surface area contributed by atoms with Crippen molar-refractivity contribution in [3.63, 3.8) is 0 Å². The smallest absolute Gasteiger partial charge is 0.145 e. The number of nitrogens with zero attached hydrogens (tertiary/aromatic N) is 2. The van der Waals surface area contributed by atoms with Gasteiger partial charge in [-0.3, -0.25) is 4.99 Å². The zero-order valence-corrected chi connectivity index (χ0v) is 11.8. The summed E-state index contributed by atoms with van der Waals surface area (Å²) < 4.78 is 0. The number of benzodiazepines with no additional fused rings is 1. The SMILES string of the molecule is CN1c2ccccc2C(c2ccccc2)=N[C@@H](N)C1C=O. The molecule has 2 aromatic carbocycles. The van der Waals surface area contributed by atoms with Gasteiger partial charge in [0.25, 0.3) is 0 Å². The second kappa shape index (κ2) is 5.50. The molecule has 106 valence electrons. The van der Waals surface area contributed by atoms with Gasteiger partial charge < -0.3 is 15.4 Å². The van der Waals surface area contributed by atoms with Crippen molar-refractivity contribution in [3.05, 3.63) is 65.7 Å². The normalized spacial score (nSPS) is 21.2. The third kappa shape index (κ3) is 2.34. The number of anilines is 1. The molecule has 0 aromatic heterocycles. The van der Waals surface area contributed by atoms with E-state index in [0.717, 1.165) is 28.8 Å². The van der Waals surface area contributed by atoms with Crippen LogP contribution in [-0.2, 0) is 4.79 Å². The molecule has 0 spiro atoms. The molecule has 2 aromatic rings. The van der Waals surface area contributed by atoms with Gasteiger partial charge in [0.15, 0.2) is 0 Å². The molecule has 0 radical (unpaired) electrons. The van der Waals surface area contributed by atoms with E-state index in [2.05, 4.69) is 4.99 Å². The summed E-state index contributed by atoms with van der Waals surface area (Å²) in [5.74, 6) is 0. The molecule has 0 saturated heterocycles. The lowest BCUT2D eigenvalue weighted by molar-refractivity contribution is -0.109. The van der Waals surface area contributed by atoms with Crippen LogP contribution in [0.3, 0.4) is 0 Å². The predicted molar refractivity (Wildman–Crippen MR) is 84.8 cm³/mol. The molecule has 1 aliphatic rings.